The summed E-state index contributed by atoms with van der Waals surface area (Å²) < 4.78 is 12.3. The van der Waals surface area contributed by atoms with Gasteiger partial charge in [-0.1, -0.05) is 47.8 Å². The van der Waals surface area contributed by atoms with Crippen LogP contribution in [0.3, 0.4) is 0 Å². The Morgan fingerprint density at radius 1 is 0.595 bits per heavy atom. The van der Waals surface area contributed by atoms with Gasteiger partial charge in [-0.2, -0.15) is 0 Å². The molecular formula is C32H14B2N5OS2+3. The monoisotopic (exact) mass is 570 g/mol. The minimum Gasteiger partial charge on any atom is -0.444 e. The molecule has 1 spiro atoms. The second-order valence-corrected chi connectivity index (χ2v) is 14.0. The van der Waals surface area contributed by atoms with Gasteiger partial charge in [-0.25, -0.2) is 9.97 Å². The molecule has 7 aliphatic rings. The van der Waals surface area contributed by atoms with Crippen molar-refractivity contribution < 1.29 is 14.1 Å². The summed E-state index contributed by atoms with van der Waals surface area (Å²) in [5.74, 6) is 1.84. The second kappa shape index (κ2) is 6.20. The highest BCUT2D eigenvalue weighted by Crippen LogP contribution is 2.54. The van der Waals surface area contributed by atoms with Crippen molar-refractivity contribution >= 4 is 81.4 Å². The van der Waals surface area contributed by atoms with Gasteiger partial charge in [0.25, 0.3) is 12.4 Å². The molecule has 188 valence electrons. The van der Waals surface area contributed by atoms with Crippen LogP contribution in [0.1, 0.15) is 0 Å². The molecule has 6 aromatic rings. The molecule has 13 rings (SSSR count). The third-order valence-electron chi connectivity index (χ3n) is 10.3. The van der Waals surface area contributed by atoms with Gasteiger partial charge in [0.2, 0.25) is 22.7 Å². The zero-order valence-electron chi connectivity index (χ0n) is 21.7. The van der Waals surface area contributed by atoms with Crippen LogP contribution in [0.15, 0.2) is 105 Å². The standard InChI is InChI=1S/C32H14B2N5OS2/c1-3-15-23-19(5-1)41-21-9-7-17-29-25(21)33(23)31-27(15)35-11-13-37(31)39(29)30-18(40-17)8-10-22-26(30)34-24-16(4-2-6-20(24)42-22)28-32(34)38(39)14-12-36-28/h1-14H/q+3. The molecule has 0 fully saturated rings. The summed E-state index contributed by atoms with van der Waals surface area (Å²) >= 11 is 3.77. The van der Waals surface area contributed by atoms with Gasteiger partial charge < -0.3 is 4.74 Å². The van der Waals surface area contributed by atoms with E-state index in [2.05, 4.69) is 82.4 Å². The maximum Gasteiger partial charge on any atom is 0.347 e. The number of fused-ring (bicyclic) bond motifs is 2. The van der Waals surface area contributed by atoms with Crippen LogP contribution in [-0.2, 0) is 0 Å². The maximum absolute atomic E-state index is 6.95. The van der Waals surface area contributed by atoms with E-state index in [1.807, 2.05) is 35.9 Å². The molecule has 0 N–H and O–H groups in total. The van der Waals surface area contributed by atoms with Gasteiger partial charge in [0, 0.05) is 51.0 Å². The van der Waals surface area contributed by atoms with Crippen molar-refractivity contribution in [1.29, 1.82) is 0 Å². The quantitative estimate of drug-likeness (QED) is 0.156. The average Bonchev–Trinajstić information content (AvgIpc) is 3.56. The first-order valence-electron chi connectivity index (χ1n) is 14.2. The van der Waals surface area contributed by atoms with E-state index in [9.17, 15) is 0 Å². The largest absolute Gasteiger partial charge is 0.444 e. The fourth-order valence-corrected chi connectivity index (χ4v) is 11.5. The van der Waals surface area contributed by atoms with E-state index in [1.54, 1.807) is 0 Å². The molecule has 0 aliphatic carbocycles. The molecule has 9 heterocycles. The fraction of sp³-hybridized carbons (Fsp3) is 0. The van der Waals surface area contributed by atoms with Crippen LogP contribution in [0.4, 0.5) is 11.4 Å². The van der Waals surface area contributed by atoms with E-state index >= 15 is 0 Å². The molecule has 6 nitrogen and oxygen atoms in total. The number of aromatic nitrogens is 4. The smallest absolute Gasteiger partial charge is 0.347 e. The topological polar surface area (TPSA) is 42.8 Å². The van der Waals surface area contributed by atoms with Crippen LogP contribution in [0, 0.1) is 0 Å². The molecule has 0 unspecified atom stereocenters. The molecule has 0 radical (unpaired) electrons. The zero-order chi connectivity index (χ0) is 26.6. The molecule has 0 bridgehead atoms. The van der Waals surface area contributed by atoms with Crippen LogP contribution in [0.5, 0.6) is 11.5 Å². The first-order valence-corrected chi connectivity index (χ1v) is 15.8. The number of hydrogen-bond donors (Lipinski definition) is 0. The highest BCUT2D eigenvalue weighted by molar-refractivity contribution is 8.00. The predicted octanol–water partition coefficient (Wildman–Crippen LogP) is 1.27. The van der Waals surface area contributed by atoms with Gasteiger partial charge in [-0.05, 0) is 47.3 Å². The summed E-state index contributed by atoms with van der Waals surface area (Å²) in [6, 6.07) is 22.3. The van der Waals surface area contributed by atoms with Crippen molar-refractivity contribution in [3.05, 3.63) is 85.5 Å². The second-order valence-electron chi connectivity index (χ2n) is 11.9. The van der Waals surface area contributed by atoms with Crippen molar-refractivity contribution in [1.82, 2.24) is 14.7 Å². The summed E-state index contributed by atoms with van der Waals surface area (Å²) in [5.41, 5.74) is 15.1. The summed E-state index contributed by atoms with van der Waals surface area (Å²) in [6.45, 7) is 0.233. The van der Waals surface area contributed by atoms with Crippen molar-refractivity contribution in [2.24, 2.45) is 0 Å². The molecule has 0 saturated carbocycles. The molecule has 10 heteroatoms. The van der Waals surface area contributed by atoms with E-state index < -0.39 is 0 Å². The molecule has 0 saturated heterocycles. The SMILES string of the molecule is c1cc2c3c(c1)-c1ncc[n+]4c1B3c1c(ccc3c1[N+]41c4c(ccc5c4B4c6c(cccc6-c6ncc[n+]1c64)S5)O3)S2. The van der Waals surface area contributed by atoms with Crippen molar-refractivity contribution in [3.63, 3.8) is 0 Å². The molecule has 42 heavy (non-hydrogen) atoms. The van der Waals surface area contributed by atoms with Gasteiger partial charge in [0.1, 0.15) is 11.4 Å². The Kier molecular flexibility index (Phi) is 3.02. The zero-order valence-corrected chi connectivity index (χ0v) is 23.3. The van der Waals surface area contributed by atoms with Crippen LogP contribution < -0.4 is 51.8 Å². The van der Waals surface area contributed by atoms with Crippen LogP contribution in [-0.4, -0.2) is 23.4 Å². The van der Waals surface area contributed by atoms with Gasteiger partial charge in [0.05, 0.1) is 12.4 Å². The van der Waals surface area contributed by atoms with Crippen LogP contribution in [0.25, 0.3) is 22.5 Å². The lowest BCUT2D eigenvalue weighted by atomic mass is 9.38. The van der Waals surface area contributed by atoms with Gasteiger partial charge in [0.15, 0.2) is 4.70 Å². The number of rotatable bonds is 0. The number of nitrogens with zero attached hydrogens (tertiary/aromatic N) is 5. The van der Waals surface area contributed by atoms with Gasteiger partial charge in [-0.3, -0.25) is 0 Å². The van der Waals surface area contributed by atoms with E-state index in [0.29, 0.717) is 4.70 Å². The van der Waals surface area contributed by atoms with E-state index in [-0.39, 0.29) is 13.4 Å². The minimum absolute atomic E-state index is 0.117. The molecule has 2 aromatic heterocycles. The highest BCUT2D eigenvalue weighted by atomic mass is 32.2. The molecule has 0 atom stereocenters. The highest BCUT2D eigenvalue weighted by Gasteiger charge is 2.75. The maximum atomic E-state index is 6.95. The molecular weight excluding hydrogens is 556 g/mol. The van der Waals surface area contributed by atoms with E-state index in [0.717, 1.165) is 22.9 Å². The number of hydrogen-bond acceptors (Lipinski definition) is 5. The van der Waals surface area contributed by atoms with Crippen molar-refractivity contribution in [3.8, 4) is 34.0 Å². The fourth-order valence-electron chi connectivity index (χ4n) is 9.10. The average molecular weight is 570 g/mol. The van der Waals surface area contributed by atoms with Crippen LogP contribution in [0.2, 0.25) is 0 Å². The Labute approximate surface area is 248 Å². The van der Waals surface area contributed by atoms with E-state index in [4.69, 9.17) is 14.7 Å². The lowest BCUT2D eigenvalue weighted by Crippen LogP contribution is -2.99. The van der Waals surface area contributed by atoms with Crippen LogP contribution >= 0.6 is 23.5 Å². The lowest BCUT2D eigenvalue weighted by molar-refractivity contribution is -1.03. The summed E-state index contributed by atoms with van der Waals surface area (Å²) in [4.78, 5) is 15.4. The minimum atomic E-state index is 0.117. The first kappa shape index (κ1) is 20.5. The Morgan fingerprint density at radius 3 is 1.62 bits per heavy atom. The Hall–Kier alpha value is -4.37. The van der Waals surface area contributed by atoms with Gasteiger partial charge in [-0.15, -0.1) is 0 Å². The third kappa shape index (κ3) is 1.81. The normalized spacial score (nSPS) is 17.1. The number of benzene rings is 4. The van der Waals surface area contributed by atoms with Crippen molar-refractivity contribution in [2.75, 3.05) is 0 Å². The summed E-state index contributed by atoms with van der Waals surface area (Å²) in [7, 11) is 0. The lowest BCUT2D eigenvalue weighted by Gasteiger charge is -2.40. The predicted molar refractivity (Wildman–Crippen MR) is 163 cm³/mol. The molecule has 4 aromatic carbocycles. The molecule has 0 amide bonds. The summed E-state index contributed by atoms with van der Waals surface area (Å²) in [5, 5.41) is 0. The number of ether oxygens (including phenoxy) is 1. The molecule has 7 aliphatic heterocycles. The number of quaternary nitrogens is 1. The van der Waals surface area contributed by atoms with Gasteiger partial charge >= 0.3 is 24.8 Å². The Bertz CT molecular complexity index is 2280. The summed E-state index contributed by atoms with van der Waals surface area (Å²) in [6.07, 6.45) is 8.38. The third-order valence-corrected chi connectivity index (χ3v) is 12.6. The van der Waals surface area contributed by atoms with Crippen molar-refractivity contribution in [2.45, 2.75) is 19.6 Å². The van der Waals surface area contributed by atoms with E-state index in [1.165, 1.54) is 75.1 Å². The Morgan fingerprint density at radius 2 is 1.10 bits per heavy atom. The first-order chi connectivity index (χ1) is 20.8. The Balaban J connectivity index is 1.32.